The summed E-state index contributed by atoms with van der Waals surface area (Å²) in [4.78, 5) is 35.5. The van der Waals surface area contributed by atoms with Crippen molar-refractivity contribution in [1.29, 1.82) is 0 Å². The van der Waals surface area contributed by atoms with Crippen LogP contribution in [-0.4, -0.2) is 34.9 Å². The minimum atomic E-state index is -0.718. The van der Waals surface area contributed by atoms with Crippen molar-refractivity contribution in [3.8, 4) is 0 Å². The van der Waals surface area contributed by atoms with Gasteiger partial charge in [-0.05, 0) is 0 Å². The van der Waals surface area contributed by atoms with Crippen LogP contribution in [0.3, 0.4) is 0 Å². The Bertz CT molecular complexity index is 521. The molecule has 9 nitrogen and oxygen atoms in total. The van der Waals surface area contributed by atoms with Crippen molar-refractivity contribution in [2.75, 3.05) is 13.1 Å². The molecule has 0 aromatic carbocycles. The lowest BCUT2D eigenvalue weighted by atomic mass is 10.2. The number of nitro groups is 1. The predicted molar refractivity (Wildman–Crippen MR) is 65.8 cm³/mol. The zero-order valence-corrected chi connectivity index (χ0v) is 10.3. The second-order valence-corrected chi connectivity index (χ2v) is 3.69. The molecule has 10 heteroatoms. The number of nitrogens with two attached hydrogens (primary N) is 1. The molecule has 0 saturated carbocycles. The van der Waals surface area contributed by atoms with Crippen LogP contribution < -0.4 is 16.4 Å². The van der Waals surface area contributed by atoms with E-state index in [9.17, 15) is 19.7 Å². The topological polar surface area (TPSA) is 140 Å². The van der Waals surface area contributed by atoms with Crippen molar-refractivity contribution >= 4 is 29.2 Å². The van der Waals surface area contributed by atoms with Gasteiger partial charge in [-0.25, -0.2) is 9.78 Å². The third-order valence-corrected chi connectivity index (χ3v) is 2.29. The molecule has 1 aromatic heterocycles. The highest BCUT2D eigenvalue weighted by Crippen LogP contribution is 2.18. The van der Waals surface area contributed by atoms with Crippen LogP contribution in [0.2, 0.25) is 5.15 Å². The quantitative estimate of drug-likeness (QED) is 0.303. The summed E-state index contributed by atoms with van der Waals surface area (Å²) in [6.07, 6.45) is 0.952. The summed E-state index contributed by atoms with van der Waals surface area (Å²) in [5.41, 5.74) is 4.37. The van der Waals surface area contributed by atoms with Crippen LogP contribution in [0.5, 0.6) is 0 Å². The van der Waals surface area contributed by atoms with Gasteiger partial charge in [0.05, 0.1) is 10.5 Å². The average molecular weight is 288 g/mol. The smallest absolute Gasteiger partial charge is 0.312 e. The van der Waals surface area contributed by atoms with Crippen molar-refractivity contribution in [2.45, 2.75) is 0 Å². The first-order valence-corrected chi connectivity index (χ1v) is 5.41. The Labute approximate surface area is 112 Å². The van der Waals surface area contributed by atoms with E-state index in [1.54, 1.807) is 0 Å². The lowest BCUT2D eigenvalue weighted by Crippen LogP contribution is -2.37. The Balaban J connectivity index is 2.68. The Morgan fingerprint density at radius 3 is 2.63 bits per heavy atom. The summed E-state index contributed by atoms with van der Waals surface area (Å²) in [6.45, 7) is 0.224. The maximum atomic E-state index is 11.7. The maximum Gasteiger partial charge on any atom is 0.312 e. The fraction of sp³-hybridized carbons (Fsp3) is 0.222. The van der Waals surface area contributed by atoms with Gasteiger partial charge in [-0.3, -0.25) is 14.9 Å². The van der Waals surface area contributed by atoms with Gasteiger partial charge >= 0.3 is 6.03 Å². The zero-order valence-electron chi connectivity index (χ0n) is 9.55. The van der Waals surface area contributed by atoms with Crippen LogP contribution >= 0.6 is 11.6 Å². The van der Waals surface area contributed by atoms with Gasteiger partial charge in [0.1, 0.15) is 11.3 Å². The highest BCUT2D eigenvalue weighted by molar-refractivity contribution is 6.32. The predicted octanol–water partition coefficient (Wildman–Crippen LogP) is 0.0413. The minimum absolute atomic E-state index is 0.0980. The number of carbonyl (C=O) groups is 2. The first-order chi connectivity index (χ1) is 8.91. The van der Waals surface area contributed by atoms with Gasteiger partial charge in [-0.1, -0.05) is 11.6 Å². The van der Waals surface area contributed by atoms with E-state index in [1.165, 1.54) is 0 Å². The van der Waals surface area contributed by atoms with Gasteiger partial charge in [0, 0.05) is 19.2 Å². The number of amides is 3. The second kappa shape index (κ2) is 6.50. The highest BCUT2D eigenvalue weighted by atomic mass is 35.5. The van der Waals surface area contributed by atoms with Crippen LogP contribution in [0, 0.1) is 10.1 Å². The molecule has 19 heavy (non-hydrogen) atoms. The lowest BCUT2D eigenvalue weighted by molar-refractivity contribution is -0.385. The van der Waals surface area contributed by atoms with Gasteiger partial charge in [-0.15, -0.1) is 0 Å². The molecule has 0 unspecified atom stereocenters. The third-order valence-electron chi connectivity index (χ3n) is 1.99. The number of halogens is 1. The maximum absolute atomic E-state index is 11.7. The summed E-state index contributed by atoms with van der Waals surface area (Å²) < 4.78 is 0. The number of aromatic nitrogens is 1. The third kappa shape index (κ3) is 4.39. The molecule has 0 saturated heterocycles. The minimum Gasteiger partial charge on any atom is -0.352 e. The van der Waals surface area contributed by atoms with Crippen molar-refractivity contribution < 1.29 is 14.5 Å². The normalized spacial score (nSPS) is 9.74. The molecule has 0 bridgehead atoms. The van der Waals surface area contributed by atoms with Crippen LogP contribution in [-0.2, 0) is 0 Å². The van der Waals surface area contributed by atoms with Crippen LogP contribution in [0.1, 0.15) is 10.4 Å². The molecule has 0 aliphatic rings. The Kier molecular flexibility index (Phi) is 5.01. The summed E-state index contributed by atoms with van der Waals surface area (Å²) >= 11 is 5.67. The molecule has 3 amide bonds. The number of hydrogen-bond acceptors (Lipinski definition) is 5. The molecule has 0 aliphatic heterocycles. The first kappa shape index (κ1) is 14.6. The van der Waals surface area contributed by atoms with E-state index >= 15 is 0 Å². The average Bonchev–Trinajstić information content (AvgIpc) is 2.34. The standard InChI is InChI=1S/C9H10ClN5O4/c10-7-6(3-5(4-14-7)15(18)19)8(16)12-1-2-13-9(11)17/h3-4H,1-2H2,(H,12,16)(H3,11,13,17). The molecular formula is C9H10ClN5O4. The van der Waals surface area contributed by atoms with Crippen molar-refractivity contribution in [3.05, 3.63) is 33.1 Å². The van der Waals surface area contributed by atoms with E-state index in [2.05, 4.69) is 15.6 Å². The fourth-order valence-corrected chi connectivity index (χ4v) is 1.34. The number of carbonyl (C=O) groups excluding carboxylic acids is 2. The largest absolute Gasteiger partial charge is 0.352 e. The summed E-state index contributed by atoms with van der Waals surface area (Å²) in [6, 6.07) is 0.302. The Hall–Kier alpha value is -2.42. The molecule has 0 fully saturated rings. The number of primary amides is 1. The summed E-state index contributed by atoms with van der Waals surface area (Å²) in [5.74, 6) is -0.632. The molecule has 0 radical (unpaired) electrons. The molecule has 4 N–H and O–H groups in total. The van der Waals surface area contributed by atoms with E-state index < -0.39 is 16.9 Å². The van der Waals surface area contributed by atoms with Crippen molar-refractivity contribution in [3.63, 3.8) is 0 Å². The van der Waals surface area contributed by atoms with Crippen molar-refractivity contribution in [2.24, 2.45) is 5.73 Å². The van der Waals surface area contributed by atoms with E-state index in [-0.39, 0.29) is 29.5 Å². The SMILES string of the molecule is NC(=O)NCCNC(=O)c1cc([N+](=O)[O-])cnc1Cl. The summed E-state index contributed by atoms with van der Waals surface area (Å²) in [7, 11) is 0. The highest BCUT2D eigenvalue weighted by Gasteiger charge is 2.16. The molecule has 1 rings (SSSR count). The molecule has 0 aliphatic carbocycles. The van der Waals surface area contributed by atoms with Gasteiger partial charge in [0.15, 0.2) is 0 Å². The van der Waals surface area contributed by atoms with Crippen molar-refractivity contribution in [1.82, 2.24) is 15.6 Å². The lowest BCUT2D eigenvalue weighted by Gasteiger charge is -2.06. The molecule has 0 spiro atoms. The van der Waals surface area contributed by atoms with Crippen LogP contribution in [0.15, 0.2) is 12.3 Å². The van der Waals surface area contributed by atoms with Crippen LogP contribution in [0.4, 0.5) is 10.5 Å². The van der Waals surface area contributed by atoms with E-state index in [1.807, 2.05) is 0 Å². The molecule has 1 heterocycles. The number of rotatable bonds is 5. The monoisotopic (exact) mass is 287 g/mol. The fourth-order valence-electron chi connectivity index (χ4n) is 1.15. The molecule has 0 atom stereocenters. The first-order valence-electron chi connectivity index (χ1n) is 5.03. The number of nitrogens with one attached hydrogen (secondary N) is 2. The van der Waals surface area contributed by atoms with E-state index in [0.717, 1.165) is 12.3 Å². The Morgan fingerprint density at radius 1 is 1.42 bits per heavy atom. The number of hydrogen-bond donors (Lipinski definition) is 3. The number of urea groups is 1. The second-order valence-electron chi connectivity index (χ2n) is 3.34. The van der Waals surface area contributed by atoms with Gasteiger partial charge in [0.25, 0.3) is 11.6 Å². The number of nitrogens with zero attached hydrogens (tertiary/aromatic N) is 2. The summed E-state index contributed by atoms with van der Waals surface area (Å²) in [5, 5.41) is 15.1. The molecule has 102 valence electrons. The van der Waals surface area contributed by atoms with Gasteiger partial charge in [-0.2, -0.15) is 0 Å². The van der Waals surface area contributed by atoms with E-state index in [0.29, 0.717) is 0 Å². The van der Waals surface area contributed by atoms with Gasteiger partial charge < -0.3 is 16.4 Å². The van der Waals surface area contributed by atoms with E-state index in [4.69, 9.17) is 17.3 Å². The van der Waals surface area contributed by atoms with Gasteiger partial charge in [0.2, 0.25) is 0 Å². The Morgan fingerprint density at radius 2 is 2.05 bits per heavy atom. The van der Waals surface area contributed by atoms with Crippen LogP contribution in [0.25, 0.3) is 0 Å². The molecular weight excluding hydrogens is 278 g/mol. The molecule has 1 aromatic rings. The zero-order chi connectivity index (χ0) is 14.4. The number of pyridine rings is 1.